The van der Waals surface area contributed by atoms with Gasteiger partial charge in [-0.25, -0.2) is 17.7 Å². The summed E-state index contributed by atoms with van der Waals surface area (Å²) in [6.45, 7) is 11.1. The van der Waals surface area contributed by atoms with Crippen LogP contribution in [-0.4, -0.2) is 58.6 Å². The molecule has 0 aliphatic rings. The number of hydrogen-bond acceptors (Lipinski definition) is 4. The molecular weight excluding hydrogens is 376 g/mol. The Kier molecular flexibility index (Phi) is 10.5. The fourth-order valence-electron chi connectivity index (χ4n) is 2.65. The Morgan fingerprint density at radius 3 is 2.29 bits per heavy atom. The molecule has 1 aromatic carbocycles. The minimum absolute atomic E-state index is 0.228. The summed E-state index contributed by atoms with van der Waals surface area (Å²) < 4.78 is 31.2. The highest BCUT2D eigenvalue weighted by Gasteiger charge is 2.16. The van der Waals surface area contributed by atoms with E-state index in [0.717, 1.165) is 37.6 Å². The second kappa shape index (κ2) is 12.0. The summed E-state index contributed by atoms with van der Waals surface area (Å²) >= 11 is 0. The summed E-state index contributed by atoms with van der Waals surface area (Å²) in [6.07, 6.45) is 1.14. The molecule has 0 heterocycles. The molecule has 1 atom stereocenters. The van der Waals surface area contributed by atoms with Crippen molar-refractivity contribution in [1.82, 2.24) is 14.9 Å². The van der Waals surface area contributed by atoms with Crippen LogP contribution in [-0.2, 0) is 21.3 Å². The number of guanidine groups is 1. The lowest BCUT2D eigenvalue weighted by atomic mass is 10.0. The highest BCUT2D eigenvalue weighted by atomic mass is 32.2. The predicted molar refractivity (Wildman–Crippen MR) is 115 cm³/mol. The van der Waals surface area contributed by atoms with Crippen LogP contribution < -0.4 is 10.6 Å². The van der Waals surface area contributed by atoms with Crippen molar-refractivity contribution in [3.63, 3.8) is 0 Å². The molecular formula is C20H36N4O3S. The van der Waals surface area contributed by atoms with E-state index >= 15 is 0 Å². The molecule has 1 unspecified atom stereocenters. The molecule has 0 aliphatic carbocycles. The standard InChI is InChI=1S/C20H36N4O3S/c1-7-21-20(22-14-13-19(16(3)4)27-8-2)23-15-17-9-11-18(12-10-17)28(25,26)24(5)6/h9-12,16,19H,7-8,13-15H2,1-6H3,(H2,21,22,23). The maximum absolute atomic E-state index is 12.1. The van der Waals surface area contributed by atoms with Crippen molar-refractivity contribution in [3.05, 3.63) is 29.8 Å². The quantitative estimate of drug-likeness (QED) is 0.431. The highest BCUT2D eigenvalue weighted by molar-refractivity contribution is 7.89. The monoisotopic (exact) mass is 412 g/mol. The van der Waals surface area contributed by atoms with Gasteiger partial charge in [0.05, 0.1) is 17.5 Å². The molecule has 0 aliphatic heterocycles. The molecule has 2 N–H and O–H groups in total. The molecule has 160 valence electrons. The molecule has 0 radical (unpaired) electrons. The SMILES string of the molecule is CCNC(=NCc1ccc(S(=O)(=O)N(C)C)cc1)NCCC(OCC)C(C)C. The summed E-state index contributed by atoms with van der Waals surface area (Å²) in [6, 6.07) is 6.84. The zero-order valence-electron chi connectivity index (χ0n) is 18.0. The average Bonchev–Trinajstić information content (AvgIpc) is 2.65. The molecule has 0 fully saturated rings. The van der Waals surface area contributed by atoms with Gasteiger partial charge in [0.25, 0.3) is 0 Å². The Bertz CT molecular complexity index is 701. The minimum Gasteiger partial charge on any atom is -0.378 e. The second-order valence-corrected chi connectivity index (χ2v) is 9.23. The van der Waals surface area contributed by atoms with Gasteiger partial charge in [-0.2, -0.15) is 0 Å². The van der Waals surface area contributed by atoms with E-state index in [4.69, 9.17) is 4.74 Å². The third-order valence-electron chi connectivity index (χ3n) is 4.31. The molecule has 0 bridgehead atoms. The first-order valence-electron chi connectivity index (χ1n) is 9.87. The normalized spacial score (nSPS) is 13.8. The topological polar surface area (TPSA) is 83.0 Å². The van der Waals surface area contributed by atoms with E-state index in [-0.39, 0.29) is 11.0 Å². The number of sulfonamides is 1. The van der Waals surface area contributed by atoms with Crippen molar-refractivity contribution in [2.24, 2.45) is 10.9 Å². The molecule has 28 heavy (non-hydrogen) atoms. The van der Waals surface area contributed by atoms with Gasteiger partial charge in [-0.05, 0) is 43.9 Å². The zero-order chi connectivity index (χ0) is 21.2. The Balaban J connectivity index is 2.69. The van der Waals surface area contributed by atoms with E-state index in [1.165, 1.54) is 18.4 Å². The van der Waals surface area contributed by atoms with Gasteiger partial charge in [-0.15, -0.1) is 0 Å². The van der Waals surface area contributed by atoms with Crippen LogP contribution in [0, 0.1) is 5.92 Å². The molecule has 8 heteroatoms. The molecule has 0 aromatic heterocycles. The summed E-state index contributed by atoms with van der Waals surface area (Å²) in [4.78, 5) is 4.88. The van der Waals surface area contributed by atoms with E-state index in [2.05, 4.69) is 29.5 Å². The van der Waals surface area contributed by atoms with Crippen LogP contribution in [0.2, 0.25) is 0 Å². The van der Waals surface area contributed by atoms with Gasteiger partial charge in [-0.3, -0.25) is 0 Å². The van der Waals surface area contributed by atoms with E-state index in [0.29, 0.717) is 12.5 Å². The fourth-order valence-corrected chi connectivity index (χ4v) is 3.55. The van der Waals surface area contributed by atoms with Crippen LogP contribution in [0.5, 0.6) is 0 Å². The summed E-state index contributed by atoms with van der Waals surface area (Å²) in [5, 5.41) is 6.58. The van der Waals surface area contributed by atoms with Gasteiger partial charge in [0.1, 0.15) is 0 Å². The van der Waals surface area contributed by atoms with E-state index < -0.39 is 10.0 Å². The van der Waals surface area contributed by atoms with Crippen molar-refractivity contribution < 1.29 is 13.2 Å². The maximum atomic E-state index is 12.1. The molecule has 0 amide bonds. The molecule has 0 saturated carbocycles. The third kappa shape index (κ3) is 7.77. The number of hydrogen-bond donors (Lipinski definition) is 2. The number of nitrogens with zero attached hydrogens (tertiary/aromatic N) is 2. The highest BCUT2D eigenvalue weighted by Crippen LogP contribution is 2.14. The van der Waals surface area contributed by atoms with E-state index in [1.807, 2.05) is 13.8 Å². The molecule has 7 nitrogen and oxygen atoms in total. The molecule has 0 saturated heterocycles. The zero-order valence-corrected chi connectivity index (χ0v) is 18.8. The maximum Gasteiger partial charge on any atom is 0.242 e. The second-order valence-electron chi connectivity index (χ2n) is 7.08. The van der Waals surface area contributed by atoms with Gasteiger partial charge in [0.2, 0.25) is 10.0 Å². The lowest BCUT2D eigenvalue weighted by Crippen LogP contribution is -2.39. The Hall–Kier alpha value is -1.64. The Morgan fingerprint density at radius 2 is 1.79 bits per heavy atom. The number of rotatable bonds is 11. The van der Waals surface area contributed by atoms with Gasteiger partial charge in [0.15, 0.2) is 5.96 Å². The smallest absolute Gasteiger partial charge is 0.242 e. The minimum atomic E-state index is -3.40. The molecule has 1 aromatic rings. The van der Waals surface area contributed by atoms with Crippen LogP contribution in [0.4, 0.5) is 0 Å². The average molecular weight is 413 g/mol. The van der Waals surface area contributed by atoms with Crippen LogP contribution >= 0.6 is 0 Å². The number of aliphatic imine (C=N–C) groups is 1. The van der Waals surface area contributed by atoms with Crippen LogP contribution in [0.1, 0.15) is 39.7 Å². The van der Waals surface area contributed by atoms with Crippen molar-refractivity contribution in [2.45, 2.75) is 51.7 Å². The number of ether oxygens (including phenoxy) is 1. The van der Waals surface area contributed by atoms with Crippen LogP contribution in [0.25, 0.3) is 0 Å². The van der Waals surface area contributed by atoms with Crippen molar-refractivity contribution in [2.75, 3.05) is 33.8 Å². The molecule has 1 rings (SSSR count). The van der Waals surface area contributed by atoms with E-state index in [9.17, 15) is 8.42 Å². The largest absolute Gasteiger partial charge is 0.378 e. The first-order chi connectivity index (χ1) is 13.2. The summed E-state index contributed by atoms with van der Waals surface area (Å²) in [5.41, 5.74) is 0.948. The van der Waals surface area contributed by atoms with Gasteiger partial charge < -0.3 is 15.4 Å². The van der Waals surface area contributed by atoms with Crippen molar-refractivity contribution in [3.8, 4) is 0 Å². The van der Waals surface area contributed by atoms with E-state index in [1.54, 1.807) is 24.3 Å². The van der Waals surface area contributed by atoms with Crippen molar-refractivity contribution in [1.29, 1.82) is 0 Å². The Labute approximate surface area is 170 Å². The fraction of sp³-hybridized carbons (Fsp3) is 0.650. The summed E-state index contributed by atoms with van der Waals surface area (Å²) in [7, 11) is -0.355. The van der Waals surface area contributed by atoms with Crippen molar-refractivity contribution >= 4 is 16.0 Å². The lowest BCUT2D eigenvalue weighted by Gasteiger charge is -2.21. The van der Waals surface area contributed by atoms with Crippen LogP contribution in [0.3, 0.4) is 0 Å². The lowest BCUT2D eigenvalue weighted by molar-refractivity contribution is 0.0258. The Morgan fingerprint density at radius 1 is 1.14 bits per heavy atom. The van der Waals surface area contributed by atoms with Crippen LogP contribution in [0.15, 0.2) is 34.2 Å². The summed E-state index contributed by atoms with van der Waals surface area (Å²) in [5.74, 6) is 1.21. The first-order valence-corrected chi connectivity index (χ1v) is 11.3. The van der Waals surface area contributed by atoms with Gasteiger partial charge in [-0.1, -0.05) is 26.0 Å². The number of nitrogens with one attached hydrogen (secondary N) is 2. The third-order valence-corrected chi connectivity index (χ3v) is 6.14. The number of benzene rings is 1. The first kappa shape index (κ1) is 24.4. The molecule has 0 spiro atoms. The van der Waals surface area contributed by atoms with Gasteiger partial charge in [0, 0.05) is 33.8 Å². The van der Waals surface area contributed by atoms with Gasteiger partial charge >= 0.3 is 0 Å². The predicted octanol–water partition coefficient (Wildman–Crippen LogP) is 2.44.